The topological polar surface area (TPSA) is 74.8 Å². The highest BCUT2D eigenvalue weighted by atomic mass is 32.1. The van der Waals surface area contributed by atoms with Gasteiger partial charge in [0.05, 0.1) is 6.61 Å². The fourth-order valence-corrected chi connectivity index (χ4v) is 5.25. The molecular formula is C21H34N4O3S. The number of nitrogens with zero attached hydrogens (tertiary/aromatic N) is 3. The summed E-state index contributed by atoms with van der Waals surface area (Å²) in [5.41, 5.74) is -0.215. The maximum absolute atomic E-state index is 13.2. The van der Waals surface area contributed by atoms with Crippen LogP contribution in [0.25, 0.3) is 0 Å². The van der Waals surface area contributed by atoms with Crippen molar-refractivity contribution in [3.8, 4) is 0 Å². The van der Waals surface area contributed by atoms with Crippen molar-refractivity contribution >= 4 is 28.3 Å². The molecule has 0 aromatic carbocycles. The van der Waals surface area contributed by atoms with E-state index in [1.54, 1.807) is 13.3 Å². The summed E-state index contributed by atoms with van der Waals surface area (Å²) >= 11 is 1.42. The second-order valence-electron chi connectivity index (χ2n) is 8.52. The SMILES string of the molecule is COCCN1CCN(C(=O)CC2(CC(=O)Nc3nccs3)CCCCC2)CC1C. The molecule has 1 aliphatic carbocycles. The fraction of sp³-hybridized carbons (Fsp3) is 0.762. The predicted octanol–water partition coefficient (Wildman–Crippen LogP) is 2.99. The molecule has 162 valence electrons. The summed E-state index contributed by atoms with van der Waals surface area (Å²) in [5, 5.41) is 5.39. The van der Waals surface area contributed by atoms with E-state index in [4.69, 9.17) is 4.74 Å². The van der Waals surface area contributed by atoms with E-state index in [1.807, 2.05) is 10.3 Å². The summed E-state index contributed by atoms with van der Waals surface area (Å²) in [6, 6.07) is 0.332. The molecule has 3 rings (SSSR count). The van der Waals surface area contributed by atoms with E-state index in [0.29, 0.717) is 24.0 Å². The average molecular weight is 423 g/mol. The first-order valence-electron chi connectivity index (χ1n) is 10.7. The summed E-state index contributed by atoms with van der Waals surface area (Å²) in [6.45, 7) is 6.19. The van der Waals surface area contributed by atoms with Crippen molar-refractivity contribution in [2.45, 2.75) is 57.9 Å². The zero-order valence-electron chi connectivity index (χ0n) is 17.7. The minimum absolute atomic E-state index is 0.0209. The molecule has 1 saturated heterocycles. The lowest BCUT2D eigenvalue weighted by molar-refractivity contribution is -0.138. The molecule has 1 aromatic rings. The Balaban J connectivity index is 1.58. The lowest BCUT2D eigenvalue weighted by Crippen LogP contribution is -2.54. The van der Waals surface area contributed by atoms with Crippen LogP contribution >= 0.6 is 11.3 Å². The Morgan fingerprint density at radius 1 is 1.28 bits per heavy atom. The van der Waals surface area contributed by atoms with Gasteiger partial charge in [-0.2, -0.15) is 0 Å². The number of hydrogen-bond acceptors (Lipinski definition) is 6. The van der Waals surface area contributed by atoms with Crippen LogP contribution in [0.5, 0.6) is 0 Å². The van der Waals surface area contributed by atoms with Gasteiger partial charge < -0.3 is 15.0 Å². The van der Waals surface area contributed by atoms with E-state index < -0.39 is 0 Å². The highest BCUT2D eigenvalue weighted by Gasteiger charge is 2.38. The third-order valence-corrected chi connectivity index (χ3v) is 7.04. The first-order chi connectivity index (χ1) is 14.0. The van der Waals surface area contributed by atoms with Gasteiger partial charge in [0.15, 0.2) is 5.13 Å². The van der Waals surface area contributed by atoms with Crippen LogP contribution in [0, 0.1) is 5.41 Å². The number of anilines is 1. The zero-order chi connectivity index (χ0) is 20.7. The van der Waals surface area contributed by atoms with Crippen LogP contribution < -0.4 is 5.32 Å². The molecule has 2 heterocycles. The Hall–Kier alpha value is -1.51. The zero-order valence-corrected chi connectivity index (χ0v) is 18.5. The third-order valence-electron chi connectivity index (χ3n) is 6.36. The molecule has 8 heteroatoms. The number of hydrogen-bond donors (Lipinski definition) is 1. The summed E-state index contributed by atoms with van der Waals surface area (Å²) < 4.78 is 5.19. The normalized spacial score (nSPS) is 22.4. The minimum atomic E-state index is -0.215. The third kappa shape index (κ3) is 6.23. The Kier molecular flexibility index (Phi) is 8.03. The molecule has 2 amide bonds. The Labute approximate surface area is 177 Å². The molecule has 1 N–H and O–H groups in total. The lowest BCUT2D eigenvalue weighted by Gasteiger charge is -2.42. The molecule has 2 aliphatic rings. The van der Waals surface area contributed by atoms with Crippen LogP contribution in [0.2, 0.25) is 0 Å². The number of aromatic nitrogens is 1. The number of nitrogens with one attached hydrogen (secondary N) is 1. The van der Waals surface area contributed by atoms with Crippen molar-refractivity contribution in [3.05, 3.63) is 11.6 Å². The van der Waals surface area contributed by atoms with Crippen molar-refractivity contribution in [2.24, 2.45) is 5.41 Å². The Bertz CT molecular complexity index is 661. The van der Waals surface area contributed by atoms with Gasteiger partial charge in [-0.15, -0.1) is 11.3 Å². The maximum Gasteiger partial charge on any atom is 0.226 e. The van der Waals surface area contributed by atoms with Gasteiger partial charge in [-0.3, -0.25) is 14.5 Å². The van der Waals surface area contributed by atoms with E-state index in [2.05, 4.69) is 22.1 Å². The number of methoxy groups -OCH3 is 1. The second-order valence-corrected chi connectivity index (χ2v) is 9.41. The molecule has 29 heavy (non-hydrogen) atoms. The van der Waals surface area contributed by atoms with Gasteiger partial charge in [0.1, 0.15) is 0 Å². The van der Waals surface area contributed by atoms with Gasteiger partial charge in [0.2, 0.25) is 11.8 Å². The molecule has 7 nitrogen and oxygen atoms in total. The Morgan fingerprint density at radius 3 is 2.72 bits per heavy atom. The van der Waals surface area contributed by atoms with Crippen molar-refractivity contribution in [1.82, 2.24) is 14.8 Å². The van der Waals surface area contributed by atoms with Gasteiger partial charge in [-0.05, 0) is 25.2 Å². The first-order valence-corrected chi connectivity index (χ1v) is 11.6. The monoisotopic (exact) mass is 422 g/mol. The van der Waals surface area contributed by atoms with Crippen molar-refractivity contribution in [1.29, 1.82) is 0 Å². The highest BCUT2D eigenvalue weighted by molar-refractivity contribution is 7.13. The number of amides is 2. The fourth-order valence-electron chi connectivity index (χ4n) is 4.70. The largest absolute Gasteiger partial charge is 0.383 e. The van der Waals surface area contributed by atoms with E-state index in [-0.39, 0.29) is 17.2 Å². The van der Waals surface area contributed by atoms with Crippen LogP contribution in [-0.2, 0) is 14.3 Å². The summed E-state index contributed by atoms with van der Waals surface area (Å²) in [7, 11) is 1.72. The number of thiazole rings is 1. The number of rotatable bonds is 8. The summed E-state index contributed by atoms with van der Waals surface area (Å²) in [5.74, 6) is 0.180. The molecule has 1 saturated carbocycles. The standard InChI is InChI=1S/C21H34N4O3S/c1-17-16-25(10-9-24(17)11-12-28-2)19(27)15-21(6-4-3-5-7-21)14-18(26)23-20-22-8-13-29-20/h8,13,17H,3-7,9-12,14-16H2,1-2H3,(H,22,23,26). The molecule has 0 bridgehead atoms. The van der Waals surface area contributed by atoms with Crippen LogP contribution in [0.3, 0.4) is 0 Å². The van der Waals surface area contributed by atoms with Crippen molar-refractivity contribution < 1.29 is 14.3 Å². The molecule has 1 unspecified atom stereocenters. The molecule has 1 aromatic heterocycles. The number of piperazine rings is 1. The number of carbonyl (C=O) groups is 2. The van der Waals surface area contributed by atoms with Gasteiger partial charge in [-0.1, -0.05) is 19.3 Å². The van der Waals surface area contributed by atoms with Crippen molar-refractivity contribution in [2.75, 3.05) is 45.2 Å². The van der Waals surface area contributed by atoms with Crippen LogP contribution in [0.1, 0.15) is 51.9 Å². The maximum atomic E-state index is 13.2. The van der Waals surface area contributed by atoms with Crippen LogP contribution in [-0.4, -0.2) is 72.5 Å². The second kappa shape index (κ2) is 10.5. The molecule has 1 atom stereocenters. The quantitative estimate of drug-likeness (QED) is 0.697. The van der Waals surface area contributed by atoms with Gasteiger partial charge in [-0.25, -0.2) is 4.98 Å². The molecular weight excluding hydrogens is 388 g/mol. The lowest BCUT2D eigenvalue weighted by atomic mass is 9.69. The van der Waals surface area contributed by atoms with Gasteiger partial charge >= 0.3 is 0 Å². The van der Waals surface area contributed by atoms with Crippen molar-refractivity contribution in [3.63, 3.8) is 0 Å². The molecule has 0 spiro atoms. The molecule has 0 radical (unpaired) electrons. The smallest absolute Gasteiger partial charge is 0.226 e. The van der Waals surface area contributed by atoms with E-state index in [0.717, 1.165) is 58.5 Å². The minimum Gasteiger partial charge on any atom is -0.383 e. The predicted molar refractivity (Wildman–Crippen MR) is 115 cm³/mol. The van der Waals surface area contributed by atoms with Crippen LogP contribution in [0.4, 0.5) is 5.13 Å². The summed E-state index contributed by atoms with van der Waals surface area (Å²) in [4.78, 5) is 34.4. The average Bonchev–Trinajstić information content (AvgIpc) is 3.20. The van der Waals surface area contributed by atoms with Gasteiger partial charge in [0, 0.05) is 63.7 Å². The highest BCUT2D eigenvalue weighted by Crippen LogP contribution is 2.43. The van der Waals surface area contributed by atoms with E-state index in [9.17, 15) is 9.59 Å². The van der Waals surface area contributed by atoms with E-state index in [1.165, 1.54) is 17.8 Å². The Morgan fingerprint density at radius 2 is 2.07 bits per heavy atom. The van der Waals surface area contributed by atoms with Crippen LogP contribution in [0.15, 0.2) is 11.6 Å². The van der Waals surface area contributed by atoms with Gasteiger partial charge in [0.25, 0.3) is 0 Å². The summed E-state index contributed by atoms with van der Waals surface area (Å²) in [6.07, 6.45) is 7.86. The number of ether oxygens (including phenoxy) is 1. The van der Waals surface area contributed by atoms with E-state index >= 15 is 0 Å². The number of carbonyl (C=O) groups excluding carboxylic acids is 2. The molecule has 1 aliphatic heterocycles. The first kappa shape index (κ1) is 22.2. The molecule has 2 fully saturated rings.